The fourth-order valence-electron chi connectivity index (χ4n) is 3.11. The second-order valence-electron chi connectivity index (χ2n) is 6.70. The average molecular weight is 431 g/mol. The number of sulfonamides is 1. The van der Waals surface area contributed by atoms with Crippen LogP contribution < -0.4 is 14.2 Å². The molecule has 0 bridgehead atoms. The molecule has 0 aromatic heterocycles. The lowest BCUT2D eigenvalue weighted by atomic mass is 10.1. The van der Waals surface area contributed by atoms with Gasteiger partial charge in [0.15, 0.2) is 11.5 Å². The molecule has 0 atom stereocenters. The summed E-state index contributed by atoms with van der Waals surface area (Å²) in [5.41, 5.74) is 1.64. The van der Waals surface area contributed by atoms with Crippen LogP contribution in [0.5, 0.6) is 11.5 Å². The summed E-state index contributed by atoms with van der Waals surface area (Å²) in [5, 5.41) is 0. The van der Waals surface area contributed by atoms with Gasteiger partial charge in [-0.2, -0.15) is 0 Å². The van der Waals surface area contributed by atoms with Gasteiger partial charge in [-0.25, -0.2) is 13.1 Å². The molecule has 1 aliphatic rings. The van der Waals surface area contributed by atoms with Gasteiger partial charge in [0.25, 0.3) is 0 Å². The predicted octanol–water partition coefficient (Wildman–Crippen LogP) is 2.82. The largest absolute Gasteiger partial charge is 0.486 e. The number of rotatable bonds is 8. The van der Waals surface area contributed by atoms with Gasteiger partial charge in [-0.05, 0) is 36.8 Å². The summed E-state index contributed by atoms with van der Waals surface area (Å²) in [6.07, 6.45) is 3.17. The Morgan fingerprint density at radius 1 is 1.10 bits per heavy atom. The quantitative estimate of drug-likeness (QED) is 0.651. The van der Waals surface area contributed by atoms with Crippen LogP contribution in [-0.4, -0.2) is 45.5 Å². The minimum atomic E-state index is -3.49. The zero-order valence-corrected chi connectivity index (χ0v) is 17.9. The Kier molecular flexibility index (Phi) is 7.12. The molecule has 2 aromatic rings. The molecule has 0 unspecified atom stereocenters. The highest BCUT2D eigenvalue weighted by Gasteiger charge is 2.18. The van der Waals surface area contributed by atoms with E-state index in [2.05, 4.69) is 4.72 Å². The third-order valence-electron chi connectivity index (χ3n) is 4.65. The number of para-hydroxylation sites is 1. The van der Waals surface area contributed by atoms with Crippen LogP contribution in [0.3, 0.4) is 0 Å². The molecule has 1 N–H and O–H groups in total. The predicted molar refractivity (Wildman–Crippen MR) is 115 cm³/mol. The Bertz CT molecular complexity index is 1020. The van der Waals surface area contributed by atoms with E-state index in [-0.39, 0.29) is 10.8 Å². The van der Waals surface area contributed by atoms with E-state index in [4.69, 9.17) is 9.47 Å². The van der Waals surface area contributed by atoms with E-state index < -0.39 is 10.0 Å². The van der Waals surface area contributed by atoms with Crippen LogP contribution in [0, 0.1) is 0 Å². The van der Waals surface area contributed by atoms with Gasteiger partial charge < -0.3 is 14.4 Å². The number of nitrogens with zero attached hydrogens (tertiary/aromatic N) is 1. The maximum absolute atomic E-state index is 12.7. The van der Waals surface area contributed by atoms with Crippen LogP contribution >= 0.6 is 0 Å². The Morgan fingerprint density at radius 3 is 2.53 bits per heavy atom. The number of hydrogen-bond donors (Lipinski definition) is 1. The van der Waals surface area contributed by atoms with Gasteiger partial charge in [-0.1, -0.05) is 31.2 Å². The van der Waals surface area contributed by atoms with Crippen molar-refractivity contribution in [3.05, 3.63) is 59.7 Å². The highest BCUT2D eigenvalue weighted by Crippen LogP contribution is 2.34. The molecular weight excluding hydrogens is 404 g/mol. The molecule has 3 rings (SSSR count). The topological polar surface area (TPSA) is 84.9 Å². The van der Waals surface area contributed by atoms with E-state index in [1.807, 2.05) is 25.1 Å². The smallest absolute Gasteiger partial charge is 0.246 e. The van der Waals surface area contributed by atoms with Gasteiger partial charge in [-0.3, -0.25) is 4.79 Å². The van der Waals surface area contributed by atoms with E-state index in [1.54, 1.807) is 30.0 Å². The molecule has 0 radical (unpaired) electrons. The summed E-state index contributed by atoms with van der Waals surface area (Å²) in [5.74, 6) is 1.25. The molecule has 160 valence electrons. The van der Waals surface area contributed by atoms with Crippen LogP contribution in [-0.2, 0) is 21.4 Å². The molecule has 0 saturated carbocycles. The number of nitrogens with one attached hydrogen (secondary N) is 1. The van der Waals surface area contributed by atoms with E-state index in [0.717, 1.165) is 11.1 Å². The minimum absolute atomic E-state index is 0.142. The SMILES string of the molecule is CCNS(=O)(=O)c1ccc(/C=C/C(=O)N(CC)Cc2cccc3c2OCCO3)cc1. The van der Waals surface area contributed by atoms with Gasteiger partial charge in [0.1, 0.15) is 13.2 Å². The molecule has 8 heteroatoms. The molecule has 1 aliphatic heterocycles. The number of fused-ring (bicyclic) bond motifs is 1. The lowest BCUT2D eigenvalue weighted by Gasteiger charge is -2.24. The molecule has 1 amide bonds. The first-order chi connectivity index (χ1) is 14.4. The normalized spacial score (nSPS) is 13.4. The number of benzene rings is 2. The highest BCUT2D eigenvalue weighted by molar-refractivity contribution is 7.89. The monoisotopic (exact) mass is 430 g/mol. The van der Waals surface area contributed by atoms with Crippen LogP contribution in [0.2, 0.25) is 0 Å². The van der Waals surface area contributed by atoms with E-state index >= 15 is 0 Å². The van der Waals surface area contributed by atoms with Crippen molar-refractivity contribution in [2.75, 3.05) is 26.3 Å². The summed E-state index contributed by atoms with van der Waals surface area (Å²) >= 11 is 0. The van der Waals surface area contributed by atoms with Crippen LogP contribution in [0.15, 0.2) is 53.4 Å². The van der Waals surface area contributed by atoms with Gasteiger partial charge in [0, 0.05) is 31.3 Å². The van der Waals surface area contributed by atoms with Gasteiger partial charge in [0.05, 0.1) is 4.90 Å². The maximum Gasteiger partial charge on any atom is 0.246 e. The Labute approximate surface area is 177 Å². The number of ether oxygens (including phenoxy) is 2. The van der Waals surface area contributed by atoms with Crippen LogP contribution in [0.1, 0.15) is 25.0 Å². The van der Waals surface area contributed by atoms with Crippen molar-refractivity contribution in [2.45, 2.75) is 25.3 Å². The van der Waals surface area contributed by atoms with Crippen molar-refractivity contribution < 1.29 is 22.7 Å². The van der Waals surface area contributed by atoms with Gasteiger partial charge in [-0.15, -0.1) is 0 Å². The van der Waals surface area contributed by atoms with Crippen molar-refractivity contribution in [3.8, 4) is 11.5 Å². The molecule has 0 fully saturated rings. The number of amides is 1. The van der Waals surface area contributed by atoms with Crippen molar-refractivity contribution in [1.29, 1.82) is 0 Å². The van der Waals surface area contributed by atoms with Crippen molar-refractivity contribution >= 4 is 22.0 Å². The van der Waals surface area contributed by atoms with Crippen LogP contribution in [0.25, 0.3) is 6.08 Å². The zero-order chi connectivity index (χ0) is 21.6. The number of carbonyl (C=O) groups is 1. The molecule has 30 heavy (non-hydrogen) atoms. The lowest BCUT2D eigenvalue weighted by molar-refractivity contribution is -0.126. The molecule has 1 heterocycles. The molecule has 2 aromatic carbocycles. The molecule has 0 saturated heterocycles. The third kappa shape index (κ3) is 5.20. The Balaban J connectivity index is 1.69. The second-order valence-corrected chi connectivity index (χ2v) is 8.46. The molecule has 0 spiro atoms. The van der Waals surface area contributed by atoms with E-state index in [1.165, 1.54) is 18.2 Å². The zero-order valence-electron chi connectivity index (χ0n) is 17.1. The summed E-state index contributed by atoms with van der Waals surface area (Å²) in [6, 6.07) is 12.1. The number of likely N-dealkylation sites (N-methyl/N-ethyl adjacent to an activating group) is 1. The fourth-order valence-corrected chi connectivity index (χ4v) is 4.16. The number of hydrogen-bond acceptors (Lipinski definition) is 5. The maximum atomic E-state index is 12.7. The first-order valence-corrected chi connectivity index (χ1v) is 11.4. The standard InChI is InChI=1S/C22H26N2O5S/c1-3-23-30(26,27)19-11-8-17(9-12-19)10-13-21(25)24(4-2)16-18-6-5-7-20-22(18)29-15-14-28-20/h5-13,23H,3-4,14-16H2,1-2H3/b13-10+. The average Bonchev–Trinajstić information content (AvgIpc) is 2.76. The van der Waals surface area contributed by atoms with Crippen molar-refractivity contribution in [2.24, 2.45) is 0 Å². The van der Waals surface area contributed by atoms with E-state index in [0.29, 0.717) is 44.3 Å². The van der Waals surface area contributed by atoms with E-state index in [9.17, 15) is 13.2 Å². The summed E-state index contributed by atoms with van der Waals surface area (Å²) < 4.78 is 37.8. The Hall–Kier alpha value is -2.84. The second kappa shape index (κ2) is 9.77. The Morgan fingerprint density at radius 2 is 1.83 bits per heavy atom. The van der Waals surface area contributed by atoms with Crippen molar-refractivity contribution in [3.63, 3.8) is 0 Å². The highest BCUT2D eigenvalue weighted by atomic mass is 32.2. The summed E-state index contributed by atoms with van der Waals surface area (Å²) in [4.78, 5) is 14.6. The first kappa shape index (κ1) is 21.9. The molecular formula is C22H26N2O5S. The van der Waals surface area contributed by atoms with Gasteiger partial charge in [0.2, 0.25) is 15.9 Å². The minimum Gasteiger partial charge on any atom is -0.486 e. The van der Waals surface area contributed by atoms with Gasteiger partial charge >= 0.3 is 0 Å². The van der Waals surface area contributed by atoms with Crippen LogP contribution in [0.4, 0.5) is 0 Å². The summed E-state index contributed by atoms with van der Waals surface area (Å²) in [7, 11) is -3.49. The van der Waals surface area contributed by atoms with Crippen molar-refractivity contribution in [1.82, 2.24) is 9.62 Å². The first-order valence-electron chi connectivity index (χ1n) is 9.88. The lowest BCUT2D eigenvalue weighted by Crippen LogP contribution is -2.29. The summed E-state index contributed by atoms with van der Waals surface area (Å²) in [6.45, 7) is 5.92. The molecule has 7 nitrogen and oxygen atoms in total. The third-order valence-corrected chi connectivity index (χ3v) is 6.21. The number of carbonyl (C=O) groups excluding carboxylic acids is 1. The fraction of sp³-hybridized carbons (Fsp3) is 0.318. The molecule has 0 aliphatic carbocycles.